The quantitative estimate of drug-likeness (QED) is 0.675. The number of fused-ring (bicyclic) bond motifs is 1. The van der Waals surface area contributed by atoms with E-state index in [1.165, 1.54) is 0 Å². The van der Waals surface area contributed by atoms with Crippen molar-refractivity contribution in [2.24, 2.45) is 5.41 Å². The van der Waals surface area contributed by atoms with Crippen LogP contribution in [0.5, 0.6) is 0 Å². The van der Waals surface area contributed by atoms with Crippen LogP contribution in [0.2, 0.25) is 0 Å². The average Bonchev–Trinajstić information content (AvgIpc) is 2.47. The van der Waals surface area contributed by atoms with Crippen molar-refractivity contribution < 1.29 is 0 Å². The molecule has 1 aromatic carbocycles. The molecular formula is C12H18N2. The molecule has 2 heteroatoms. The molecule has 0 unspecified atom stereocenters. The number of nitrogens with one attached hydrogen (secondary N) is 1. The van der Waals surface area contributed by atoms with Crippen LogP contribution in [0.4, 0.5) is 0 Å². The van der Waals surface area contributed by atoms with E-state index in [4.69, 9.17) is 0 Å². The van der Waals surface area contributed by atoms with Gasteiger partial charge in [0.1, 0.15) is 0 Å². The first-order chi connectivity index (χ1) is 6.47. The zero-order valence-corrected chi connectivity index (χ0v) is 9.33. The number of aromatic nitrogens is 2. The van der Waals surface area contributed by atoms with Gasteiger partial charge in [-0.1, -0.05) is 39.8 Å². The summed E-state index contributed by atoms with van der Waals surface area (Å²) < 4.78 is 0. The summed E-state index contributed by atoms with van der Waals surface area (Å²) in [6.45, 7) is 8.75. The second-order valence-electron chi connectivity index (χ2n) is 4.92. The molecule has 0 spiro atoms. The normalized spacial score (nSPS) is 10.9. The Labute approximate surface area is 85.4 Å². The molecule has 0 aliphatic rings. The first-order valence-corrected chi connectivity index (χ1v) is 4.85. The number of hydrogen-bond acceptors (Lipinski definition) is 1. The Morgan fingerprint density at radius 3 is 2.21 bits per heavy atom. The predicted molar refractivity (Wildman–Crippen MR) is 61.2 cm³/mol. The number of benzene rings is 1. The first-order valence-electron chi connectivity index (χ1n) is 4.85. The molecule has 76 valence electrons. The molecule has 0 aliphatic carbocycles. The van der Waals surface area contributed by atoms with Crippen molar-refractivity contribution in [1.82, 2.24) is 9.97 Å². The highest BCUT2D eigenvalue weighted by molar-refractivity contribution is 5.73. The second kappa shape index (κ2) is 4.27. The van der Waals surface area contributed by atoms with E-state index < -0.39 is 0 Å². The van der Waals surface area contributed by atoms with E-state index in [-0.39, 0.29) is 0 Å². The largest absolute Gasteiger partial charge is 0.345 e. The monoisotopic (exact) mass is 190 g/mol. The van der Waals surface area contributed by atoms with Crippen molar-refractivity contribution in [3.63, 3.8) is 0 Å². The first kappa shape index (κ1) is 10.8. The molecule has 0 saturated heterocycles. The highest BCUT2D eigenvalue weighted by Crippen LogP contribution is 2.08. The van der Waals surface area contributed by atoms with Crippen LogP contribution in [0.25, 0.3) is 11.0 Å². The number of H-pyrrole nitrogens is 1. The number of para-hydroxylation sites is 2. The molecule has 0 amide bonds. The van der Waals surface area contributed by atoms with E-state index in [9.17, 15) is 0 Å². The van der Waals surface area contributed by atoms with Crippen LogP contribution in [0.15, 0.2) is 30.6 Å². The third kappa shape index (κ3) is 4.08. The average molecular weight is 190 g/mol. The summed E-state index contributed by atoms with van der Waals surface area (Å²) in [6, 6.07) is 7.94. The maximum Gasteiger partial charge on any atom is 0.0931 e. The van der Waals surface area contributed by atoms with Gasteiger partial charge in [-0.2, -0.15) is 0 Å². The minimum absolute atomic E-state index is 0.500. The molecule has 2 nitrogen and oxygen atoms in total. The lowest BCUT2D eigenvalue weighted by Crippen LogP contribution is -1.93. The Morgan fingerprint density at radius 2 is 1.64 bits per heavy atom. The summed E-state index contributed by atoms with van der Waals surface area (Å²) in [7, 11) is 0. The van der Waals surface area contributed by atoms with E-state index >= 15 is 0 Å². The molecule has 1 N–H and O–H groups in total. The molecule has 1 aromatic heterocycles. The van der Waals surface area contributed by atoms with Crippen LogP contribution < -0.4 is 0 Å². The zero-order valence-electron chi connectivity index (χ0n) is 9.33. The van der Waals surface area contributed by atoms with Gasteiger partial charge in [-0.25, -0.2) is 4.98 Å². The van der Waals surface area contributed by atoms with Crippen molar-refractivity contribution in [1.29, 1.82) is 0 Å². The molecule has 2 rings (SSSR count). The van der Waals surface area contributed by atoms with Gasteiger partial charge in [0, 0.05) is 0 Å². The Bertz CT molecular complexity index is 346. The van der Waals surface area contributed by atoms with Crippen LogP contribution in [0, 0.1) is 5.41 Å². The Morgan fingerprint density at radius 1 is 1.07 bits per heavy atom. The molecular weight excluding hydrogens is 172 g/mol. The molecule has 2 aromatic rings. The third-order valence-electron chi connectivity index (χ3n) is 1.33. The highest BCUT2D eigenvalue weighted by atomic mass is 14.9. The number of rotatable bonds is 0. The summed E-state index contributed by atoms with van der Waals surface area (Å²) in [5, 5.41) is 0. The van der Waals surface area contributed by atoms with Crippen LogP contribution in [0.3, 0.4) is 0 Å². The van der Waals surface area contributed by atoms with E-state index in [1.54, 1.807) is 6.33 Å². The lowest BCUT2D eigenvalue weighted by molar-refractivity contribution is 0.469. The van der Waals surface area contributed by atoms with Crippen molar-refractivity contribution in [2.45, 2.75) is 27.7 Å². The van der Waals surface area contributed by atoms with Gasteiger partial charge in [0.25, 0.3) is 0 Å². The Balaban J connectivity index is 0.000000171. The lowest BCUT2D eigenvalue weighted by Gasteiger charge is -2.05. The Kier molecular flexibility index (Phi) is 3.28. The summed E-state index contributed by atoms with van der Waals surface area (Å²) in [6.07, 6.45) is 1.70. The standard InChI is InChI=1S/C7H6N2.C5H12/c1-2-4-7-6(3-1)8-5-9-7;1-5(2,3)4/h1-5H,(H,8,9);1-4H3. The third-order valence-corrected chi connectivity index (χ3v) is 1.33. The summed E-state index contributed by atoms with van der Waals surface area (Å²) >= 11 is 0. The fraction of sp³-hybridized carbons (Fsp3) is 0.417. The second-order valence-corrected chi connectivity index (χ2v) is 4.92. The van der Waals surface area contributed by atoms with Crippen molar-refractivity contribution in [3.05, 3.63) is 30.6 Å². The van der Waals surface area contributed by atoms with Gasteiger partial charge >= 0.3 is 0 Å². The minimum Gasteiger partial charge on any atom is -0.345 e. The molecule has 0 saturated carbocycles. The van der Waals surface area contributed by atoms with Crippen molar-refractivity contribution >= 4 is 11.0 Å². The maximum absolute atomic E-state index is 4.06. The van der Waals surface area contributed by atoms with Gasteiger partial charge in [0.05, 0.1) is 17.4 Å². The van der Waals surface area contributed by atoms with Crippen LogP contribution in [-0.4, -0.2) is 9.97 Å². The van der Waals surface area contributed by atoms with E-state index in [0.29, 0.717) is 5.41 Å². The van der Waals surface area contributed by atoms with E-state index in [1.807, 2.05) is 24.3 Å². The van der Waals surface area contributed by atoms with Gasteiger partial charge in [0.15, 0.2) is 0 Å². The van der Waals surface area contributed by atoms with Crippen LogP contribution in [0.1, 0.15) is 27.7 Å². The van der Waals surface area contributed by atoms with Gasteiger partial charge in [-0.05, 0) is 17.5 Å². The van der Waals surface area contributed by atoms with Crippen LogP contribution in [-0.2, 0) is 0 Å². The van der Waals surface area contributed by atoms with Crippen molar-refractivity contribution in [2.75, 3.05) is 0 Å². The predicted octanol–water partition coefficient (Wildman–Crippen LogP) is 3.62. The van der Waals surface area contributed by atoms with Crippen LogP contribution >= 0.6 is 0 Å². The molecule has 0 aliphatic heterocycles. The van der Waals surface area contributed by atoms with Crippen molar-refractivity contribution in [3.8, 4) is 0 Å². The minimum atomic E-state index is 0.500. The number of aromatic amines is 1. The molecule has 0 fully saturated rings. The molecule has 1 heterocycles. The summed E-state index contributed by atoms with van der Waals surface area (Å²) in [5.41, 5.74) is 2.62. The molecule has 14 heavy (non-hydrogen) atoms. The summed E-state index contributed by atoms with van der Waals surface area (Å²) in [5.74, 6) is 0. The fourth-order valence-electron chi connectivity index (χ4n) is 0.880. The number of hydrogen-bond donors (Lipinski definition) is 1. The fourth-order valence-corrected chi connectivity index (χ4v) is 0.880. The molecule has 0 bridgehead atoms. The van der Waals surface area contributed by atoms with Gasteiger partial charge in [-0.15, -0.1) is 0 Å². The van der Waals surface area contributed by atoms with E-state index in [2.05, 4.69) is 37.7 Å². The topological polar surface area (TPSA) is 28.7 Å². The number of nitrogens with zero attached hydrogens (tertiary/aromatic N) is 1. The van der Waals surface area contributed by atoms with Gasteiger partial charge < -0.3 is 4.98 Å². The van der Waals surface area contributed by atoms with Gasteiger partial charge in [0.2, 0.25) is 0 Å². The highest BCUT2D eigenvalue weighted by Gasteiger charge is 1.95. The van der Waals surface area contributed by atoms with Gasteiger partial charge in [-0.3, -0.25) is 0 Å². The smallest absolute Gasteiger partial charge is 0.0931 e. The molecule has 0 radical (unpaired) electrons. The maximum atomic E-state index is 4.06. The SMILES string of the molecule is CC(C)(C)C.c1ccc2[nH]cnc2c1. The lowest BCUT2D eigenvalue weighted by atomic mass is 10.0. The number of imidazole rings is 1. The summed E-state index contributed by atoms with van der Waals surface area (Å²) in [4.78, 5) is 7.07. The zero-order chi connectivity index (χ0) is 10.6. The molecule has 0 atom stereocenters. The van der Waals surface area contributed by atoms with E-state index in [0.717, 1.165) is 11.0 Å². The Hall–Kier alpha value is -1.31.